The third-order valence-electron chi connectivity index (χ3n) is 4.68. The summed E-state index contributed by atoms with van der Waals surface area (Å²) in [5.74, 6) is -0.905. The molecule has 0 saturated carbocycles. The van der Waals surface area contributed by atoms with E-state index in [4.69, 9.17) is 23.2 Å². The molecule has 29 heavy (non-hydrogen) atoms. The summed E-state index contributed by atoms with van der Waals surface area (Å²) in [7, 11) is 0. The van der Waals surface area contributed by atoms with E-state index in [1.807, 2.05) is 49.6 Å². The molecule has 2 aromatic carbocycles. The fourth-order valence-corrected chi connectivity index (χ4v) is 4.33. The van der Waals surface area contributed by atoms with Crippen molar-refractivity contribution < 1.29 is 9.59 Å². The van der Waals surface area contributed by atoms with Crippen LogP contribution in [0.4, 0.5) is 11.4 Å². The maximum Gasteiger partial charge on any atom is 0.282 e. The lowest BCUT2D eigenvalue weighted by molar-refractivity contribution is -0.120. The fraction of sp³-hybridized carbons (Fsp3) is 0.0909. The number of benzene rings is 2. The molecule has 0 radical (unpaired) electrons. The van der Waals surface area contributed by atoms with Gasteiger partial charge < -0.3 is 5.32 Å². The van der Waals surface area contributed by atoms with Gasteiger partial charge in [0.25, 0.3) is 11.8 Å². The van der Waals surface area contributed by atoms with Crippen molar-refractivity contribution in [1.29, 1.82) is 0 Å². The van der Waals surface area contributed by atoms with Crippen LogP contribution in [-0.4, -0.2) is 11.8 Å². The molecule has 146 valence electrons. The number of imide groups is 1. The Kier molecular flexibility index (Phi) is 5.21. The standard InChI is InChI=1S/C22H16Cl2N2O2S/c1-12-8-9-13(2)15(11-12)25-20-18(17-7-4-10-29-17)21(27)26(22(20)28)16-6-3-5-14(23)19(16)24/h3-11,25H,1-2H3. The van der Waals surface area contributed by atoms with Crippen LogP contribution in [0, 0.1) is 13.8 Å². The van der Waals surface area contributed by atoms with E-state index in [1.54, 1.807) is 18.2 Å². The van der Waals surface area contributed by atoms with Crippen LogP contribution < -0.4 is 10.2 Å². The van der Waals surface area contributed by atoms with E-state index in [9.17, 15) is 9.59 Å². The fourth-order valence-electron chi connectivity index (χ4n) is 3.18. The second-order valence-electron chi connectivity index (χ2n) is 6.69. The number of anilines is 2. The van der Waals surface area contributed by atoms with Gasteiger partial charge in [-0.25, -0.2) is 4.90 Å². The van der Waals surface area contributed by atoms with Gasteiger partial charge in [0, 0.05) is 10.6 Å². The molecule has 0 spiro atoms. The van der Waals surface area contributed by atoms with Crippen molar-refractivity contribution in [3.05, 3.63) is 85.7 Å². The van der Waals surface area contributed by atoms with Gasteiger partial charge in [-0.3, -0.25) is 9.59 Å². The van der Waals surface area contributed by atoms with Gasteiger partial charge in [0.1, 0.15) is 5.70 Å². The van der Waals surface area contributed by atoms with Gasteiger partial charge in [-0.1, -0.05) is 47.5 Å². The zero-order chi connectivity index (χ0) is 20.7. The number of rotatable bonds is 4. The molecule has 0 unspecified atom stereocenters. The third kappa shape index (κ3) is 3.46. The summed E-state index contributed by atoms with van der Waals surface area (Å²) in [6, 6.07) is 14.4. The van der Waals surface area contributed by atoms with E-state index in [-0.39, 0.29) is 21.4 Å². The van der Waals surface area contributed by atoms with Crippen LogP contribution in [0.1, 0.15) is 16.0 Å². The lowest BCUT2D eigenvalue weighted by Gasteiger charge is -2.17. The van der Waals surface area contributed by atoms with E-state index >= 15 is 0 Å². The van der Waals surface area contributed by atoms with Gasteiger partial charge >= 0.3 is 0 Å². The maximum absolute atomic E-state index is 13.4. The largest absolute Gasteiger partial charge is 0.350 e. The smallest absolute Gasteiger partial charge is 0.282 e. The summed E-state index contributed by atoms with van der Waals surface area (Å²) >= 11 is 13.8. The molecule has 1 N–H and O–H groups in total. The number of thiophene rings is 1. The summed E-state index contributed by atoms with van der Waals surface area (Å²) in [6.45, 7) is 3.92. The summed E-state index contributed by atoms with van der Waals surface area (Å²) in [5.41, 5.74) is 3.59. The summed E-state index contributed by atoms with van der Waals surface area (Å²) < 4.78 is 0. The molecule has 7 heteroatoms. The summed E-state index contributed by atoms with van der Waals surface area (Å²) in [4.78, 5) is 28.5. The lowest BCUT2D eigenvalue weighted by Crippen LogP contribution is -2.32. The number of amides is 2. The van der Waals surface area contributed by atoms with Gasteiger partial charge in [0.05, 0.1) is 21.3 Å². The monoisotopic (exact) mass is 442 g/mol. The molecule has 1 aliphatic rings. The first-order valence-electron chi connectivity index (χ1n) is 8.83. The number of hydrogen-bond donors (Lipinski definition) is 1. The van der Waals surface area contributed by atoms with Gasteiger partial charge in [-0.2, -0.15) is 0 Å². The average Bonchev–Trinajstić information content (AvgIpc) is 3.28. The Labute approximate surface area is 182 Å². The zero-order valence-electron chi connectivity index (χ0n) is 15.6. The average molecular weight is 443 g/mol. The number of carbonyl (C=O) groups excluding carboxylic acids is 2. The first-order chi connectivity index (χ1) is 13.9. The van der Waals surface area contributed by atoms with E-state index in [1.165, 1.54) is 11.3 Å². The minimum absolute atomic E-state index is 0.161. The Morgan fingerprint density at radius 2 is 1.76 bits per heavy atom. The predicted octanol–water partition coefficient (Wildman–Crippen LogP) is 6.07. The van der Waals surface area contributed by atoms with Crippen molar-refractivity contribution in [2.75, 3.05) is 10.2 Å². The summed E-state index contributed by atoms with van der Waals surface area (Å²) in [6.07, 6.45) is 0. The highest BCUT2D eigenvalue weighted by Gasteiger charge is 2.41. The van der Waals surface area contributed by atoms with Crippen molar-refractivity contribution >= 4 is 63.3 Å². The molecule has 4 rings (SSSR count). The Morgan fingerprint density at radius 3 is 2.48 bits per heavy atom. The number of hydrogen-bond acceptors (Lipinski definition) is 4. The second-order valence-corrected chi connectivity index (χ2v) is 8.42. The van der Waals surface area contributed by atoms with Crippen molar-refractivity contribution in [1.82, 2.24) is 0 Å². The minimum Gasteiger partial charge on any atom is -0.350 e. The molecular formula is C22H16Cl2N2O2S. The molecule has 0 saturated heterocycles. The van der Waals surface area contributed by atoms with E-state index < -0.39 is 11.8 Å². The van der Waals surface area contributed by atoms with Crippen molar-refractivity contribution in [2.45, 2.75) is 13.8 Å². The Bertz CT molecular complexity index is 1170. The van der Waals surface area contributed by atoms with Crippen LogP contribution in [0.5, 0.6) is 0 Å². The number of nitrogens with zero attached hydrogens (tertiary/aromatic N) is 1. The van der Waals surface area contributed by atoms with E-state index in [0.29, 0.717) is 10.5 Å². The molecule has 0 aliphatic carbocycles. The van der Waals surface area contributed by atoms with Gasteiger partial charge in [-0.05, 0) is 54.6 Å². The van der Waals surface area contributed by atoms with E-state index in [0.717, 1.165) is 21.7 Å². The zero-order valence-corrected chi connectivity index (χ0v) is 18.0. The van der Waals surface area contributed by atoms with Crippen LogP contribution in [0.3, 0.4) is 0 Å². The van der Waals surface area contributed by atoms with Gasteiger partial charge in [0.2, 0.25) is 0 Å². The number of carbonyl (C=O) groups is 2. The van der Waals surface area contributed by atoms with E-state index in [2.05, 4.69) is 5.32 Å². The van der Waals surface area contributed by atoms with Gasteiger partial charge in [-0.15, -0.1) is 11.3 Å². The van der Waals surface area contributed by atoms with Crippen molar-refractivity contribution in [3.63, 3.8) is 0 Å². The Morgan fingerprint density at radius 1 is 0.966 bits per heavy atom. The molecule has 1 aliphatic heterocycles. The molecule has 0 atom stereocenters. The molecule has 0 bridgehead atoms. The Balaban J connectivity index is 1.85. The number of nitrogens with one attached hydrogen (secondary N) is 1. The molecular weight excluding hydrogens is 427 g/mol. The topological polar surface area (TPSA) is 49.4 Å². The lowest BCUT2D eigenvalue weighted by atomic mass is 10.1. The molecule has 2 heterocycles. The molecule has 1 aromatic heterocycles. The first kappa shape index (κ1) is 19.7. The van der Waals surface area contributed by atoms with Crippen LogP contribution in [0.2, 0.25) is 10.0 Å². The molecule has 0 fully saturated rings. The molecule has 3 aromatic rings. The Hall–Kier alpha value is -2.60. The first-order valence-corrected chi connectivity index (χ1v) is 10.5. The van der Waals surface area contributed by atoms with Crippen molar-refractivity contribution in [3.8, 4) is 0 Å². The second kappa shape index (κ2) is 7.67. The minimum atomic E-state index is -0.469. The maximum atomic E-state index is 13.4. The summed E-state index contributed by atoms with van der Waals surface area (Å²) in [5, 5.41) is 5.50. The van der Waals surface area contributed by atoms with Crippen LogP contribution in [0.25, 0.3) is 5.57 Å². The van der Waals surface area contributed by atoms with Gasteiger partial charge in [0.15, 0.2) is 0 Å². The quantitative estimate of drug-likeness (QED) is 0.498. The highest BCUT2D eigenvalue weighted by atomic mass is 35.5. The normalized spacial score (nSPS) is 14.1. The predicted molar refractivity (Wildman–Crippen MR) is 120 cm³/mol. The SMILES string of the molecule is Cc1ccc(C)c(NC2=C(c3cccs3)C(=O)N(c3cccc(Cl)c3Cl)C2=O)c1. The highest BCUT2D eigenvalue weighted by molar-refractivity contribution is 7.11. The van der Waals surface area contributed by atoms with Crippen LogP contribution >= 0.6 is 34.5 Å². The molecule has 4 nitrogen and oxygen atoms in total. The van der Waals surface area contributed by atoms with Crippen LogP contribution in [0.15, 0.2) is 59.6 Å². The number of aryl methyl sites for hydroxylation is 2. The van der Waals surface area contributed by atoms with Crippen molar-refractivity contribution in [2.24, 2.45) is 0 Å². The molecule has 2 amide bonds. The van der Waals surface area contributed by atoms with Crippen LogP contribution in [-0.2, 0) is 9.59 Å². The third-order valence-corrected chi connectivity index (χ3v) is 6.37. The highest BCUT2D eigenvalue weighted by Crippen LogP contribution is 2.40. The number of halogens is 2.